The van der Waals surface area contributed by atoms with E-state index in [1.165, 1.54) is 10.6 Å². The van der Waals surface area contributed by atoms with E-state index in [1.807, 2.05) is 0 Å². The van der Waals surface area contributed by atoms with Gasteiger partial charge in [0.15, 0.2) is 0 Å². The Morgan fingerprint density at radius 3 is 2.30 bits per heavy atom. The maximum Gasteiger partial charge on any atom is 0.225 e. The number of benzene rings is 1. The minimum Gasteiger partial charge on any atom is -0.326 e. The number of nitrogens with zero attached hydrogens (tertiary/aromatic N) is 1. The maximum atomic E-state index is 12.1. The molecule has 0 saturated heterocycles. The van der Waals surface area contributed by atoms with Crippen molar-refractivity contribution in [3.05, 3.63) is 28.2 Å². The third kappa shape index (κ3) is 5.64. The Hall–Kier alpha value is -0.820. The molecule has 1 amide bonds. The number of sulfonamides is 1. The first kappa shape index (κ1) is 18.5. The molecule has 128 valence electrons. The van der Waals surface area contributed by atoms with Crippen LogP contribution in [0.4, 0.5) is 5.69 Å². The minimum absolute atomic E-state index is 0.0124. The van der Waals surface area contributed by atoms with Crippen molar-refractivity contribution in [3.8, 4) is 0 Å². The molecule has 1 aromatic carbocycles. The van der Waals surface area contributed by atoms with Gasteiger partial charge in [-0.1, -0.05) is 36.0 Å². The summed E-state index contributed by atoms with van der Waals surface area (Å²) in [6, 6.07) is 4.77. The van der Waals surface area contributed by atoms with Crippen LogP contribution in [0.15, 0.2) is 18.2 Å². The quantitative estimate of drug-likeness (QED) is 0.822. The number of anilines is 1. The van der Waals surface area contributed by atoms with E-state index < -0.39 is 10.0 Å². The van der Waals surface area contributed by atoms with Gasteiger partial charge in [-0.05, 0) is 31.0 Å². The summed E-state index contributed by atoms with van der Waals surface area (Å²) in [4.78, 5) is 12.1. The number of amides is 1. The fourth-order valence-electron chi connectivity index (χ4n) is 2.87. The molecule has 0 aliphatic heterocycles. The van der Waals surface area contributed by atoms with Crippen molar-refractivity contribution >= 4 is 44.8 Å². The number of carbonyl (C=O) groups excluding carboxylic acids is 1. The first-order chi connectivity index (χ1) is 10.8. The average Bonchev–Trinajstić information content (AvgIpc) is 2.89. The summed E-state index contributed by atoms with van der Waals surface area (Å²) in [7, 11) is -3.32. The van der Waals surface area contributed by atoms with Crippen molar-refractivity contribution < 1.29 is 13.2 Å². The average molecular weight is 379 g/mol. The van der Waals surface area contributed by atoms with Gasteiger partial charge >= 0.3 is 0 Å². The van der Waals surface area contributed by atoms with Gasteiger partial charge in [0.05, 0.1) is 6.26 Å². The Bertz CT molecular complexity index is 653. The predicted octanol–water partition coefficient (Wildman–Crippen LogP) is 3.53. The molecule has 8 heteroatoms. The number of rotatable bonds is 6. The number of halogens is 2. The van der Waals surface area contributed by atoms with Crippen LogP contribution in [-0.4, -0.2) is 37.5 Å². The molecule has 2 rings (SSSR count). The van der Waals surface area contributed by atoms with Gasteiger partial charge in [0.2, 0.25) is 15.9 Å². The predicted molar refractivity (Wildman–Crippen MR) is 93.5 cm³/mol. The molecule has 1 N–H and O–H groups in total. The Labute approximate surface area is 147 Å². The molecule has 1 aromatic rings. The molecule has 0 spiro atoms. The molecule has 1 saturated carbocycles. The molecule has 0 radical (unpaired) electrons. The SMILES string of the molecule is CS(=O)(=O)N(CCC(=O)Nc1cc(Cl)cc(Cl)c1)C1CCCC1. The fraction of sp³-hybridized carbons (Fsp3) is 0.533. The van der Waals surface area contributed by atoms with Crippen LogP contribution in [0.3, 0.4) is 0 Å². The van der Waals surface area contributed by atoms with E-state index in [9.17, 15) is 13.2 Å². The van der Waals surface area contributed by atoms with Crippen molar-refractivity contribution in [2.75, 3.05) is 18.1 Å². The first-order valence-electron chi connectivity index (χ1n) is 7.48. The van der Waals surface area contributed by atoms with Crippen LogP contribution in [0.5, 0.6) is 0 Å². The highest BCUT2D eigenvalue weighted by atomic mass is 35.5. The van der Waals surface area contributed by atoms with E-state index in [0.717, 1.165) is 25.7 Å². The summed E-state index contributed by atoms with van der Waals surface area (Å²) in [5, 5.41) is 3.55. The number of carbonyl (C=O) groups is 1. The number of hydrogen-bond acceptors (Lipinski definition) is 3. The van der Waals surface area contributed by atoms with Crippen LogP contribution in [-0.2, 0) is 14.8 Å². The molecular weight excluding hydrogens is 359 g/mol. The summed E-state index contributed by atoms with van der Waals surface area (Å²) in [6.07, 6.45) is 5.07. The lowest BCUT2D eigenvalue weighted by Gasteiger charge is -2.26. The van der Waals surface area contributed by atoms with E-state index in [-0.39, 0.29) is 24.9 Å². The van der Waals surface area contributed by atoms with Crippen molar-refractivity contribution in [1.29, 1.82) is 0 Å². The van der Waals surface area contributed by atoms with Gasteiger partial charge in [0.25, 0.3) is 0 Å². The van der Waals surface area contributed by atoms with E-state index in [0.29, 0.717) is 15.7 Å². The van der Waals surface area contributed by atoms with Crippen LogP contribution >= 0.6 is 23.2 Å². The Kier molecular flexibility index (Phi) is 6.31. The lowest BCUT2D eigenvalue weighted by molar-refractivity contribution is -0.116. The van der Waals surface area contributed by atoms with Gasteiger partial charge in [-0.25, -0.2) is 8.42 Å². The molecule has 23 heavy (non-hydrogen) atoms. The third-order valence-electron chi connectivity index (χ3n) is 3.86. The highest BCUT2D eigenvalue weighted by Crippen LogP contribution is 2.26. The van der Waals surface area contributed by atoms with Crippen molar-refractivity contribution in [2.24, 2.45) is 0 Å². The Morgan fingerprint density at radius 1 is 1.22 bits per heavy atom. The lowest BCUT2D eigenvalue weighted by atomic mass is 10.2. The first-order valence-corrected chi connectivity index (χ1v) is 10.1. The van der Waals surface area contributed by atoms with Gasteiger partial charge in [-0.15, -0.1) is 0 Å². The zero-order valence-electron chi connectivity index (χ0n) is 12.9. The molecule has 0 atom stereocenters. The Balaban J connectivity index is 1.96. The van der Waals surface area contributed by atoms with Crippen LogP contribution in [0, 0.1) is 0 Å². The fourth-order valence-corrected chi connectivity index (χ4v) is 4.57. The van der Waals surface area contributed by atoms with Crippen LogP contribution in [0.2, 0.25) is 10.0 Å². The number of hydrogen-bond donors (Lipinski definition) is 1. The summed E-state index contributed by atoms with van der Waals surface area (Å²) in [6.45, 7) is 0.184. The summed E-state index contributed by atoms with van der Waals surface area (Å²) >= 11 is 11.8. The van der Waals surface area contributed by atoms with E-state index in [1.54, 1.807) is 18.2 Å². The second-order valence-electron chi connectivity index (χ2n) is 5.77. The van der Waals surface area contributed by atoms with Gasteiger partial charge < -0.3 is 5.32 Å². The molecule has 1 aliphatic rings. The standard InChI is InChI=1S/C15H20Cl2N2O3S/c1-23(21,22)19(14-4-2-3-5-14)7-6-15(20)18-13-9-11(16)8-12(17)10-13/h8-10,14H,2-7H2,1H3,(H,18,20). The highest BCUT2D eigenvalue weighted by molar-refractivity contribution is 7.88. The van der Waals surface area contributed by atoms with E-state index in [2.05, 4.69) is 5.32 Å². The maximum absolute atomic E-state index is 12.1. The van der Waals surface area contributed by atoms with Crippen LogP contribution < -0.4 is 5.32 Å². The molecule has 1 fully saturated rings. The monoisotopic (exact) mass is 378 g/mol. The molecular formula is C15H20Cl2N2O3S. The number of nitrogens with one attached hydrogen (secondary N) is 1. The van der Waals surface area contributed by atoms with Crippen LogP contribution in [0.25, 0.3) is 0 Å². The minimum atomic E-state index is -3.32. The molecule has 0 heterocycles. The molecule has 1 aliphatic carbocycles. The lowest BCUT2D eigenvalue weighted by Crippen LogP contribution is -2.39. The van der Waals surface area contributed by atoms with Crippen molar-refractivity contribution in [2.45, 2.75) is 38.1 Å². The van der Waals surface area contributed by atoms with E-state index in [4.69, 9.17) is 23.2 Å². The van der Waals surface area contributed by atoms with Crippen LogP contribution in [0.1, 0.15) is 32.1 Å². The Morgan fingerprint density at radius 2 is 1.78 bits per heavy atom. The van der Waals surface area contributed by atoms with E-state index >= 15 is 0 Å². The van der Waals surface area contributed by atoms with Gasteiger partial charge in [0.1, 0.15) is 0 Å². The third-order valence-corrected chi connectivity index (χ3v) is 5.63. The van der Waals surface area contributed by atoms with Crippen molar-refractivity contribution in [1.82, 2.24) is 4.31 Å². The largest absolute Gasteiger partial charge is 0.326 e. The van der Waals surface area contributed by atoms with Gasteiger partial charge in [0, 0.05) is 34.7 Å². The second-order valence-corrected chi connectivity index (χ2v) is 8.58. The second kappa shape index (κ2) is 7.83. The van der Waals surface area contributed by atoms with Crippen molar-refractivity contribution in [3.63, 3.8) is 0 Å². The summed E-state index contributed by atoms with van der Waals surface area (Å²) < 4.78 is 25.3. The molecule has 0 aromatic heterocycles. The normalized spacial score (nSPS) is 16.0. The topological polar surface area (TPSA) is 66.5 Å². The molecule has 5 nitrogen and oxygen atoms in total. The molecule has 0 bridgehead atoms. The summed E-state index contributed by atoms with van der Waals surface area (Å²) in [5.41, 5.74) is 0.499. The zero-order valence-corrected chi connectivity index (χ0v) is 15.2. The van der Waals surface area contributed by atoms with Gasteiger partial charge in [-0.2, -0.15) is 4.31 Å². The summed E-state index contributed by atoms with van der Waals surface area (Å²) in [5.74, 6) is -0.269. The van der Waals surface area contributed by atoms with Gasteiger partial charge in [-0.3, -0.25) is 4.79 Å². The highest BCUT2D eigenvalue weighted by Gasteiger charge is 2.29. The zero-order chi connectivity index (χ0) is 17.0. The molecule has 0 unspecified atom stereocenters. The smallest absolute Gasteiger partial charge is 0.225 e.